The summed E-state index contributed by atoms with van der Waals surface area (Å²) in [6.07, 6.45) is -1.19. The first-order valence-electron chi connectivity index (χ1n) is 7.72. The highest BCUT2D eigenvalue weighted by Crippen LogP contribution is 2.28. The third kappa shape index (κ3) is 4.24. The summed E-state index contributed by atoms with van der Waals surface area (Å²) in [7, 11) is 0. The Labute approximate surface area is 141 Å². The van der Waals surface area contributed by atoms with Crippen LogP contribution in [-0.4, -0.2) is 40.1 Å². The normalized spacial score (nSPS) is 24.0. The first kappa shape index (κ1) is 17.8. The Hall–Kier alpha value is -1.59. The molecule has 1 fully saturated rings. The Morgan fingerprint density at radius 3 is 2.65 bits per heavy atom. The summed E-state index contributed by atoms with van der Waals surface area (Å²) in [6, 6.07) is 7.33. The minimum atomic E-state index is -1.02. The molecule has 1 N–H and O–H groups in total. The van der Waals surface area contributed by atoms with Gasteiger partial charge in [0.15, 0.2) is 6.10 Å². The lowest BCUT2D eigenvalue weighted by Crippen LogP contribution is -2.43. The Balaban J connectivity index is 2.12. The van der Waals surface area contributed by atoms with Crippen LogP contribution in [0.15, 0.2) is 24.3 Å². The van der Waals surface area contributed by atoms with Crippen molar-refractivity contribution in [2.24, 2.45) is 5.92 Å². The molecule has 23 heavy (non-hydrogen) atoms. The van der Waals surface area contributed by atoms with E-state index in [4.69, 9.17) is 21.4 Å². The Bertz CT molecular complexity index is 590. The Morgan fingerprint density at radius 1 is 1.43 bits per heavy atom. The Morgan fingerprint density at radius 2 is 2.13 bits per heavy atom. The van der Waals surface area contributed by atoms with Crippen molar-refractivity contribution >= 4 is 23.5 Å². The van der Waals surface area contributed by atoms with Crippen molar-refractivity contribution < 1.29 is 19.4 Å². The fourth-order valence-corrected chi connectivity index (χ4v) is 3.03. The number of hydrogen-bond donors (Lipinski definition) is 1. The number of halogens is 1. The first-order chi connectivity index (χ1) is 10.8. The molecule has 1 aromatic carbocycles. The number of benzene rings is 1. The zero-order valence-corrected chi connectivity index (χ0v) is 14.3. The summed E-state index contributed by atoms with van der Waals surface area (Å²) in [4.78, 5) is 25.6. The summed E-state index contributed by atoms with van der Waals surface area (Å²) < 4.78 is 5.47. The molecule has 126 valence electrons. The molecule has 0 unspecified atom stereocenters. The number of nitrogens with zero attached hydrogens (tertiary/aromatic N) is 1. The minimum absolute atomic E-state index is 0.0238. The Kier molecular flexibility index (Phi) is 5.65. The molecule has 0 radical (unpaired) electrons. The maximum absolute atomic E-state index is 12.8. The highest BCUT2D eigenvalue weighted by atomic mass is 35.5. The number of carbonyl (C=O) groups is 2. The quantitative estimate of drug-likeness (QED) is 0.895. The predicted octanol–water partition coefficient (Wildman–Crippen LogP) is 2.96. The largest absolute Gasteiger partial charge is 0.479 e. The van der Waals surface area contributed by atoms with Gasteiger partial charge in [-0.25, -0.2) is 4.79 Å². The van der Waals surface area contributed by atoms with Crippen LogP contribution >= 0.6 is 11.6 Å². The molecule has 0 bridgehead atoms. The molecular weight excluding hydrogens is 318 g/mol. The van der Waals surface area contributed by atoms with E-state index >= 15 is 0 Å². The number of rotatable bonds is 5. The number of carboxylic acid groups (broad SMARTS) is 1. The van der Waals surface area contributed by atoms with E-state index in [0.717, 1.165) is 5.56 Å². The van der Waals surface area contributed by atoms with Gasteiger partial charge < -0.3 is 14.7 Å². The highest BCUT2D eigenvalue weighted by Gasteiger charge is 2.42. The predicted molar refractivity (Wildman–Crippen MR) is 87.2 cm³/mol. The second-order valence-electron chi connectivity index (χ2n) is 6.29. The van der Waals surface area contributed by atoms with Gasteiger partial charge >= 0.3 is 5.97 Å². The smallest absolute Gasteiger partial charge is 0.333 e. The lowest BCUT2D eigenvalue weighted by molar-refractivity contribution is -0.156. The molecule has 3 atom stereocenters. The average Bonchev–Trinajstić information content (AvgIpc) is 2.86. The first-order valence-corrected chi connectivity index (χ1v) is 8.10. The van der Waals surface area contributed by atoms with Gasteiger partial charge in [-0.05, 0) is 43.9 Å². The lowest BCUT2D eigenvalue weighted by Gasteiger charge is -2.29. The van der Waals surface area contributed by atoms with Gasteiger partial charge in [0, 0.05) is 17.6 Å². The van der Waals surface area contributed by atoms with Crippen LogP contribution in [0.4, 0.5) is 0 Å². The summed E-state index contributed by atoms with van der Waals surface area (Å²) in [5, 5.41) is 9.75. The molecule has 5 nitrogen and oxygen atoms in total. The zero-order valence-electron chi connectivity index (χ0n) is 13.5. The summed E-state index contributed by atoms with van der Waals surface area (Å²) in [5.41, 5.74) is 0.931. The third-order valence-electron chi connectivity index (χ3n) is 4.08. The van der Waals surface area contributed by atoms with Crippen molar-refractivity contribution in [3.63, 3.8) is 0 Å². The van der Waals surface area contributed by atoms with Gasteiger partial charge in [-0.2, -0.15) is 0 Å². The van der Waals surface area contributed by atoms with Gasteiger partial charge in [-0.3, -0.25) is 4.79 Å². The van der Waals surface area contributed by atoms with E-state index in [1.54, 1.807) is 17.9 Å². The molecular formula is C17H22ClNO4. The summed E-state index contributed by atoms with van der Waals surface area (Å²) >= 11 is 5.99. The molecule has 2 rings (SSSR count). The van der Waals surface area contributed by atoms with Crippen molar-refractivity contribution in [2.75, 3.05) is 0 Å². The van der Waals surface area contributed by atoms with Gasteiger partial charge in [0.05, 0.1) is 0 Å². The standard InChI is InChI=1S/C17H22ClNO4/c1-10(2)19(9-12-5-4-6-13(18)8-12)16(20)14-7-11(3)15(23-14)17(21)22/h4-6,8,10-11,14-15H,7,9H2,1-3H3,(H,21,22)/t11-,14-,15-/m0/s1. The highest BCUT2D eigenvalue weighted by molar-refractivity contribution is 6.30. The molecule has 0 spiro atoms. The van der Waals surface area contributed by atoms with Crippen LogP contribution < -0.4 is 0 Å². The monoisotopic (exact) mass is 339 g/mol. The van der Waals surface area contributed by atoms with Crippen molar-refractivity contribution in [2.45, 2.75) is 52.0 Å². The second-order valence-corrected chi connectivity index (χ2v) is 6.72. The van der Waals surface area contributed by atoms with E-state index in [0.29, 0.717) is 18.0 Å². The minimum Gasteiger partial charge on any atom is -0.479 e. The van der Waals surface area contributed by atoms with E-state index in [9.17, 15) is 9.59 Å². The van der Waals surface area contributed by atoms with Crippen LogP contribution in [0.1, 0.15) is 32.8 Å². The van der Waals surface area contributed by atoms with Gasteiger partial charge in [0.2, 0.25) is 0 Å². The van der Waals surface area contributed by atoms with E-state index < -0.39 is 18.2 Å². The molecule has 1 amide bonds. The summed E-state index contributed by atoms with van der Waals surface area (Å²) in [6.45, 7) is 6.07. The van der Waals surface area contributed by atoms with Gasteiger partial charge in [0.25, 0.3) is 5.91 Å². The molecule has 0 aliphatic carbocycles. The average molecular weight is 340 g/mol. The van der Waals surface area contributed by atoms with E-state index in [2.05, 4.69) is 0 Å². The molecule has 6 heteroatoms. The molecule has 0 saturated carbocycles. The van der Waals surface area contributed by atoms with Gasteiger partial charge in [-0.15, -0.1) is 0 Å². The van der Waals surface area contributed by atoms with Gasteiger partial charge in [0.1, 0.15) is 6.10 Å². The molecule has 0 aromatic heterocycles. The number of aliphatic carboxylic acids is 1. The second kappa shape index (κ2) is 7.32. The molecule has 1 heterocycles. The molecule has 1 saturated heterocycles. The maximum Gasteiger partial charge on any atom is 0.333 e. The van der Waals surface area contributed by atoms with Crippen LogP contribution in [0.3, 0.4) is 0 Å². The van der Waals surface area contributed by atoms with Crippen molar-refractivity contribution in [1.82, 2.24) is 4.90 Å². The molecule has 1 aliphatic rings. The van der Waals surface area contributed by atoms with Crippen molar-refractivity contribution in [1.29, 1.82) is 0 Å². The molecule has 1 aromatic rings. The summed E-state index contributed by atoms with van der Waals surface area (Å²) in [5.74, 6) is -1.36. The van der Waals surface area contributed by atoms with E-state index in [-0.39, 0.29) is 17.9 Å². The number of ether oxygens (including phenoxy) is 1. The number of carboxylic acids is 1. The van der Waals surface area contributed by atoms with Crippen LogP contribution in [-0.2, 0) is 20.9 Å². The van der Waals surface area contributed by atoms with E-state index in [1.807, 2.05) is 32.0 Å². The van der Waals surface area contributed by atoms with Gasteiger partial charge in [-0.1, -0.05) is 30.7 Å². The fraction of sp³-hybridized carbons (Fsp3) is 0.529. The van der Waals surface area contributed by atoms with Crippen molar-refractivity contribution in [3.8, 4) is 0 Å². The van der Waals surface area contributed by atoms with Crippen molar-refractivity contribution in [3.05, 3.63) is 34.9 Å². The van der Waals surface area contributed by atoms with Crippen LogP contribution in [0, 0.1) is 5.92 Å². The van der Waals surface area contributed by atoms with Crippen LogP contribution in [0.25, 0.3) is 0 Å². The zero-order chi connectivity index (χ0) is 17.1. The van der Waals surface area contributed by atoms with Crippen LogP contribution in [0.5, 0.6) is 0 Å². The topological polar surface area (TPSA) is 66.8 Å². The maximum atomic E-state index is 12.8. The lowest BCUT2D eigenvalue weighted by atomic mass is 10.0. The number of hydrogen-bond acceptors (Lipinski definition) is 3. The number of carbonyl (C=O) groups excluding carboxylic acids is 1. The van der Waals surface area contributed by atoms with Crippen LogP contribution in [0.2, 0.25) is 5.02 Å². The molecule has 1 aliphatic heterocycles. The third-order valence-corrected chi connectivity index (χ3v) is 4.32. The number of amides is 1. The SMILES string of the molecule is CC(C)N(Cc1cccc(Cl)c1)C(=O)[C@@H]1C[C@H](C)[C@@H](C(=O)O)O1. The van der Waals surface area contributed by atoms with E-state index in [1.165, 1.54) is 0 Å². The fourth-order valence-electron chi connectivity index (χ4n) is 2.82.